The standard InChI is InChI=1S/C25H44ClNO2/c1-2-3-4-5-6-7-8-9-10-11-12-13-14-22-15-17-23(18-16-22)19-20-25(27,21-28)24(26)29/h15-18,24,28-29H,2-14,19-21,27H2,1H3. The fraction of sp³-hybridized carbons (Fsp3) is 0.760. The van der Waals surface area contributed by atoms with E-state index in [1.165, 1.54) is 82.6 Å². The zero-order chi connectivity index (χ0) is 21.4. The molecular formula is C25H44ClNO2. The highest BCUT2D eigenvalue weighted by Gasteiger charge is 2.31. The molecule has 0 saturated heterocycles. The van der Waals surface area contributed by atoms with Crippen LogP contribution in [0.15, 0.2) is 24.3 Å². The van der Waals surface area contributed by atoms with Gasteiger partial charge < -0.3 is 15.9 Å². The summed E-state index contributed by atoms with van der Waals surface area (Å²) in [5, 5.41) is 18.9. The number of rotatable bonds is 18. The molecule has 0 spiro atoms. The minimum absolute atomic E-state index is 0.325. The molecular weight excluding hydrogens is 382 g/mol. The summed E-state index contributed by atoms with van der Waals surface area (Å²) >= 11 is 5.69. The van der Waals surface area contributed by atoms with Crippen molar-refractivity contribution in [1.29, 1.82) is 0 Å². The number of unbranched alkanes of at least 4 members (excludes halogenated alkanes) is 11. The summed E-state index contributed by atoms with van der Waals surface area (Å²) in [6.45, 7) is 1.95. The molecule has 0 fully saturated rings. The molecule has 0 bridgehead atoms. The second kappa shape index (κ2) is 16.1. The average molecular weight is 426 g/mol. The topological polar surface area (TPSA) is 66.5 Å². The normalized spacial score (nSPS) is 14.7. The third kappa shape index (κ3) is 12.0. The van der Waals surface area contributed by atoms with Crippen LogP contribution in [0.1, 0.15) is 102 Å². The average Bonchev–Trinajstić information content (AvgIpc) is 2.73. The molecule has 1 aromatic carbocycles. The lowest BCUT2D eigenvalue weighted by atomic mass is 9.93. The molecule has 3 nitrogen and oxygen atoms in total. The van der Waals surface area contributed by atoms with Crippen LogP contribution >= 0.6 is 11.6 Å². The Balaban J connectivity index is 2.07. The first-order chi connectivity index (χ1) is 14.0. The number of alkyl halides is 1. The van der Waals surface area contributed by atoms with Gasteiger partial charge in [0, 0.05) is 0 Å². The Morgan fingerprint density at radius 3 is 1.62 bits per heavy atom. The van der Waals surface area contributed by atoms with Crippen molar-refractivity contribution in [2.75, 3.05) is 6.61 Å². The molecule has 0 amide bonds. The number of halogens is 1. The molecule has 0 aliphatic carbocycles. The maximum absolute atomic E-state index is 9.51. The third-order valence-corrected chi connectivity index (χ3v) is 6.42. The van der Waals surface area contributed by atoms with Crippen molar-refractivity contribution >= 4 is 11.6 Å². The van der Waals surface area contributed by atoms with E-state index in [1.807, 2.05) is 0 Å². The highest BCUT2D eigenvalue weighted by molar-refractivity contribution is 6.20. The van der Waals surface area contributed by atoms with E-state index in [-0.39, 0.29) is 6.61 Å². The largest absolute Gasteiger partial charge is 0.394 e. The summed E-state index contributed by atoms with van der Waals surface area (Å²) in [5.74, 6) is 0. The van der Waals surface area contributed by atoms with Crippen molar-refractivity contribution in [2.45, 2.75) is 114 Å². The zero-order valence-electron chi connectivity index (χ0n) is 18.6. The summed E-state index contributed by atoms with van der Waals surface area (Å²) in [5.41, 5.74) is 6.09. The van der Waals surface area contributed by atoms with E-state index >= 15 is 0 Å². The van der Waals surface area contributed by atoms with Gasteiger partial charge in [-0.05, 0) is 36.8 Å². The van der Waals surface area contributed by atoms with Crippen molar-refractivity contribution in [2.24, 2.45) is 5.73 Å². The minimum atomic E-state index is -1.24. The number of hydrogen-bond acceptors (Lipinski definition) is 3. The molecule has 0 aliphatic heterocycles. The van der Waals surface area contributed by atoms with Gasteiger partial charge in [0.15, 0.2) is 0 Å². The number of aliphatic hydroxyl groups excluding tert-OH is 2. The van der Waals surface area contributed by atoms with E-state index in [9.17, 15) is 10.2 Å². The zero-order valence-corrected chi connectivity index (χ0v) is 19.3. The summed E-state index contributed by atoms with van der Waals surface area (Å²) in [6.07, 6.45) is 18.8. The van der Waals surface area contributed by atoms with Crippen molar-refractivity contribution in [3.63, 3.8) is 0 Å². The molecule has 168 valence electrons. The van der Waals surface area contributed by atoms with E-state index in [0.29, 0.717) is 12.8 Å². The van der Waals surface area contributed by atoms with Gasteiger partial charge >= 0.3 is 0 Å². The van der Waals surface area contributed by atoms with Crippen LogP contribution in [0.3, 0.4) is 0 Å². The van der Waals surface area contributed by atoms with Crippen LogP contribution in [0.2, 0.25) is 0 Å². The first-order valence-electron chi connectivity index (χ1n) is 11.8. The fourth-order valence-electron chi connectivity index (χ4n) is 3.69. The number of aliphatic hydroxyl groups is 2. The molecule has 0 saturated carbocycles. The summed E-state index contributed by atoms with van der Waals surface area (Å²) in [7, 11) is 0. The van der Waals surface area contributed by atoms with Crippen molar-refractivity contribution in [1.82, 2.24) is 0 Å². The highest BCUT2D eigenvalue weighted by Crippen LogP contribution is 2.19. The first kappa shape index (κ1) is 26.4. The van der Waals surface area contributed by atoms with Crippen molar-refractivity contribution in [3.8, 4) is 0 Å². The van der Waals surface area contributed by atoms with Crippen molar-refractivity contribution < 1.29 is 10.2 Å². The Kier molecular flexibility index (Phi) is 14.7. The first-order valence-corrected chi connectivity index (χ1v) is 12.2. The van der Waals surface area contributed by atoms with Crippen LogP contribution in [0.5, 0.6) is 0 Å². The number of hydrogen-bond donors (Lipinski definition) is 3. The van der Waals surface area contributed by atoms with E-state index < -0.39 is 11.1 Å². The van der Waals surface area contributed by atoms with Gasteiger partial charge in [0.1, 0.15) is 5.56 Å². The molecule has 0 aliphatic rings. The molecule has 0 heterocycles. The van der Waals surface area contributed by atoms with Crippen molar-refractivity contribution in [3.05, 3.63) is 35.4 Å². The molecule has 1 rings (SSSR count). The SMILES string of the molecule is CCCCCCCCCCCCCCc1ccc(CCC(N)(CO)C(O)Cl)cc1. The minimum Gasteiger partial charge on any atom is -0.394 e. The van der Waals surface area contributed by atoms with E-state index in [1.54, 1.807) is 0 Å². The Morgan fingerprint density at radius 1 is 0.793 bits per heavy atom. The molecule has 2 atom stereocenters. The van der Waals surface area contributed by atoms with Gasteiger partial charge in [0.05, 0.1) is 12.1 Å². The van der Waals surface area contributed by atoms with Crippen LogP contribution in [0.25, 0.3) is 0 Å². The fourth-order valence-corrected chi connectivity index (χ4v) is 3.87. The van der Waals surface area contributed by atoms with Gasteiger partial charge in [-0.25, -0.2) is 0 Å². The predicted octanol–water partition coefficient (Wildman–Crippen LogP) is 6.11. The molecule has 1 aromatic rings. The summed E-state index contributed by atoms with van der Waals surface area (Å²) in [4.78, 5) is 0. The quantitative estimate of drug-likeness (QED) is 0.196. The number of nitrogens with two attached hydrogens (primary N) is 1. The van der Waals surface area contributed by atoms with Gasteiger partial charge in [-0.15, -0.1) is 0 Å². The van der Waals surface area contributed by atoms with Crippen LogP contribution in [0.4, 0.5) is 0 Å². The Labute approximate surface area is 184 Å². The summed E-state index contributed by atoms with van der Waals surface area (Å²) in [6, 6.07) is 8.60. The lowest BCUT2D eigenvalue weighted by Crippen LogP contribution is -2.52. The van der Waals surface area contributed by atoms with Gasteiger partial charge in [0.2, 0.25) is 0 Å². The molecule has 2 unspecified atom stereocenters. The number of benzene rings is 1. The lowest BCUT2D eigenvalue weighted by molar-refractivity contribution is 0.0887. The molecule has 4 heteroatoms. The Hall–Kier alpha value is -0.610. The number of aryl methyl sites for hydroxylation is 2. The van der Waals surface area contributed by atoms with Crippen LogP contribution in [0, 0.1) is 0 Å². The monoisotopic (exact) mass is 425 g/mol. The molecule has 4 N–H and O–H groups in total. The predicted molar refractivity (Wildman–Crippen MR) is 125 cm³/mol. The van der Waals surface area contributed by atoms with Gasteiger partial charge in [-0.1, -0.05) is 113 Å². The van der Waals surface area contributed by atoms with E-state index in [2.05, 4.69) is 31.2 Å². The lowest BCUT2D eigenvalue weighted by Gasteiger charge is -2.28. The summed E-state index contributed by atoms with van der Waals surface area (Å²) < 4.78 is 0. The molecule has 29 heavy (non-hydrogen) atoms. The molecule has 0 aromatic heterocycles. The van der Waals surface area contributed by atoms with Crippen LogP contribution in [-0.4, -0.2) is 27.9 Å². The second-order valence-electron chi connectivity index (χ2n) is 8.68. The van der Waals surface area contributed by atoms with E-state index in [4.69, 9.17) is 17.3 Å². The third-order valence-electron chi connectivity index (χ3n) is 5.99. The second-order valence-corrected chi connectivity index (χ2v) is 9.10. The van der Waals surface area contributed by atoms with Crippen LogP contribution in [-0.2, 0) is 12.8 Å². The maximum atomic E-state index is 9.51. The van der Waals surface area contributed by atoms with Gasteiger partial charge in [-0.3, -0.25) is 0 Å². The maximum Gasteiger partial charge on any atom is 0.148 e. The molecule has 0 radical (unpaired) electrons. The van der Waals surface area contributed by atoms with Gasteiger partial charge in [-0.2, -0.15) is 0 Å². The Morgan fingerprint density at radius 2 is 1.21 bits per heavy atom. The smallest absolute Gasteiger partial charge is 0.148 e. The Bertz CT molecular complexity index is 506. The van der Waals surface area contributed by atoms with Crippen LogP contribution < -0.4 is 5.73 Å². The highest BCUT2D eigenvalue weighted by atomic mass is 35.5. The van der Waals surface area contributed by atoms with Gasteiger partial charge in [0.25, 0.3) is 0 Å². The van der Waals surface area contributed by atoms with E-state index in [0.717, 1.165) is 12.0 Å².